The lowest BCUT2D eigenvalue weighted by Gasteiger charge is -2.25. The Bertz CT molecular complexity index is 326. The molecule has 1 heterocycles. The molecule has 2 N–H and O–H groups in total. The zero-order valence-corrected chi connectivity index (χ0v) is 9.29. The van der Waals surface area contributed by atoms with Gasteiger partial charge in [0.05, 0.1) is 6.20 Å². The summed E-state index contributed by atoms with van der Waals surface area (Å²) >= 11 is 0. The first-order valence-electron chi connectivity index (χ1n) is 4.98. The highest BCUT2D eigenvalue weighted by Crippen LogP contribution is 2.19. The van der Waals surface area contributed by atoms with Crippen molar-refractivity contribution in [2.75, 3.05) is 6.54 Å². The van der Waals surface area contributed by atoms with Crippen LogP contribution in [0.1, 0.15) is 26.3 Å². The van der Waals surface area contributed by atoms with Crippen LogP contribution in [0.15, 0.2) is 18.5 Å². The van der Waals surface area contributed by atoms with Gasteiger partial charge in [-0.3, -0.25) is 4.98 Å². The summed E-state index contributed by atoms with van der Waals surface area (Å²) < 4.78 is 12.9. The van der Waals surface area contributed by atoms with E-state index in [9.17, 15) is 9.50 Å². The number of halogens is 1. The number of nitrogens with one attached hydrogen (secondary N) is 1. The lowest BCUT2D eigenvalue weighted by Crippen LogP contribution is -2.38. The van der Waals surface area contributed by atoms with Crippen molar-refractivity contribution in [3.63, 3.8) is 0 Å². The van der Waals surface area contributed by atoms with Gasteiger partial charge in [-0.1, -0.05) is 13.8 Å². The lowest BCUT2D eigenvalue weighted by atomic mass is 9.97. The van der Waals surface area contributed by atoms with Crippen LogP contribution in [0.4, 0.5) is 4.39 Å². The molecule has 0 aromatic carbocycles. The Balaban J connectivity index is 2.76. The Morgan fingerprint density at radius 2 is 2.20 bits per heavy atom. The van der Waals surface area contributed by atoms with Crippen LogP contribution in [-0.2, 0) is 5.60 Å². The summed E-state index contributed by atoms with van der Waals surface area (Å²) in [6.45, 7) is 5.98. The summed E-state index contributed by atoms with van der Waals surface area (Å²) in [5.74, 6) is -0.433. The minimum atomic E-state index is -1.10. The molecule has 3 nitrogen and oxygen atoms in total. The van der Waals surface area contributed by atoms with E-state index in [4.69, 9.17) is 0 Å². The predicted octanol–water partition coefficient (Wildman–Crippen LogP) is 1.43. The summed E-state index contributed by atoms with van der Waals surface area (Å²) in [5.41, 5.74) is -0.616. The standard InChI is InChI=1S/C11H17FN2O/c1-8(2)14-7-11(3,15)9-4-10(12)6-13-5-9/h4-6,8,14-15H,7H2,1-3H3. The average molecular weight is 212 g/mol. The van der Waals surface area contributed by atoms with Crippen molar-refractivity contribution in [3.05, 3.63) is 29.8 Å². The van der Waals surface area contributed by atoms with E-state index >= 15 is 0 Å². The van der Waals surface area contributed by atoms with Crippen molar-refractivity contribution in [1.82, 2.24) is 10.3 Å². The highest BCUT2D eigenvalue weighted by molar-refractivity contribution is 5.18. The van der Waals surface area contributed by atoms with Gasteiger partial charge in [0, 0.05) is 24.3 Å². The van der Waals surface area contributed by atoms with Crippen LogP contribution in [-0.4, -0.2) is 22.7 Å². The number of rotatable bonds is 4. The fourth-order valence-corrected chi connectivity index (χ4v) is 1.21. The number of hydrogen-bond donors (Lipinski definition) is 2. The monoisotopic (exact) mass is 212 g/mol. The van der Waals surface area contributed by atoms with Gasteiger partial charge < -0.3 is 10.4 Å². The molecular weight excluding hydrogens is 195 g/mol. The van der Waals surface area contributed by atoms with Crippen molar-refractivity contribution < 1.29 is 9.50 Å². The maximum atomic E-state index is 12.9. The Morgan fingerprint density at radius 3 is 2.73 bits per heavy atom. The van der Waals surface area contributed by atoms with Gasteiger partial charge in [0.15, 0.2) is 0 Å². The van der Waals surface area contributed by atoms with Crippen LogP contribution in [0.2, 0.25) is 0 Å². The van der Waals surface area contributed by atoms with Gasteiger partial charge in [-0.25, -0.2) is 4.39 Å². The third-order valence-electron chi connectivity index (χ3n) is 2.18. The summed E-state index contributed by atoms with van der Waals surface area (Å²) in [6.07, 6.45) is 2.60. The SMILES string of the molecule is CC(C)NCC(C)(O)c1cncc(F)c1. The van der Waals surface area contributed by atoms with Crippen molar-refractivity contribution in [2.24, 2.45) is 0 Å². The normalized spacial score (nSPS) is 15.3. The van der Waals surface area contributed by atoms with E-state index in [1.807, 2.05) is 13.8 Å². The number of aliphatic hydroxyl groups is 1. The first kappa shape index (κ1) is 12.1. The minimum Gasteiger partial charge on any atom is -0.384 e. The zero-order valence-electron chi connectivity index (χ0n) is 9.29. The Kier molecular flexibility index (Phi) is 3.77. The summed E-state index contributed by atoms with van der Waals surface area (Å²) in [7, 11) is 0. The molecule has 0 fully saturated rings. The average Bonchev–Trinajstić information content (AvgIpc) is 2.15. The summed E-state index contributed by atoms with van der Waals surface area (Å²) in [4.78, 5) is 3.71. The molecule has 0 saturated heterocycles. The lowest BCUT2D eigenvalue weighted by molar-refractivity contribution is 0.0542. The van der Waals surface area contributed by atoms with Crippen LogP contribution in [0.3, 0.4) is 0 Å². The first-order valence-corrected chi connectivity index (χ1v) is 4.98. The quantitative estimate of drug-likeness (QED) is 0.793. The second-order valence-electron chi connectivity index (χ2n) is 4.20. The van der Waals surface area contributed by atoms with E-state index in [-0.39, 0.29) is 6.04 Å². The van der Waals surface area contributed by atoms with Gasteiger partial charge in [-0.2, -0.15) is 0 Å². The molecule has 0 saturated carbocycles. The molecule has 1 unspecified atom stereocenters. The topological polar surface area (TPSA) is 45.1 Å². The second-order valence-corrected chi connectivity index (χ2v) is 4.20. The maximum absolute atomic E-state index is 12.9. The van der Waals surface area contributed by atoms with Gasteiger partial charge in [0.1, 0.15) is 11.4 Å². The maximum Gasteiger partial charge on any atom is 0.141 e. The first-order chi connectivity index (χ1) is 6.92. The predicted molar refractivity (Wildman–Crippen MR) is 56.9 cm³/mol. The molecule has 0 aliphatic heterocycles. The molecule has 0 radical (unpaired) electrons. The van der Waals surface area contributed by atoms with Crippen molar-refractivity contribution in [3.8, 4) is 0 Å². The molecule has 0 spiro atoms. The molecule has 0 aliphatic rings. The number of aromatic nitrogens is 1. The molecule has 84 valence electrons. The van der Waals surface area contributed by atoms with E-state index in [1.54, 1.807) is 6.92 Å². The molecule has 0 amide bonds. The highest BCUT2D eigenvalue weighted by Gasteiger charge is 2.23. The van der Waals surface area contributed by atoms with Gasteiger partial charge >= 0.3 is 0 Å². The van der Waals surface area contributed by atoms with Gasteiger partial charge in [-0.15, -0.1) is 0 Å². The van der Waals surface area contributed by atoms with Crippen LogP contribution < -0.4 is 5.32 Å². The number of pyridine rings is 1. The van der Waals surface area contributed by atoms with Gasteiger partial charge in [0.2, 0.25) is 0 Å². The van der Waals surface area contributed by atoms with Gasteiger partial charge in [-0.05, 0) is 13.0 Å². The zero-order chi connectivity index (χ0) is 11.5. The fourth-order valence-electron chi connectivity index (χ4n) is 1.21. The highest BCUT2D eigenvalue weighted by atomic mass is 19.1. The molecule has 1 aromatic heterocycles. The van der Waals surface area contributed by atoms with Crippen LogP contribution in [0, 0.1) is 5.82 Å². The van der Waals surface area contributed by atoms with E-state index in [1.165, 1.54) is 12.3 Å². The van der Waals surface area contributed by atoms with E-state index in [0.29, 0.717) is 12.1 Å². The molecule has 15 heavy (non-hydrogen) atoms. The molecule has 0 aliphatic carbocycles. The Labute approximate surface area is 89.4 Å². The smallest absolute Gasteiger partial charge is 0.141 e. The third-order valence-corrected chi connectivity index (χ3v) is 2.18. The van der Waals surface area contributed by atoms with Crippen molar-refractivity contribution in [1.29, 1.82) is 0 Å². The van der Waals surface area contributed by atoms with Crippen LogP contribution in [0.25, 0.3) is 0 Å². The van der Waals surface area contributed by atoms with E-state index in [0.717, 1.165) is 6.20 Å². The van der Waals surface area contributed by atoms with Gasteiger partial charge in [0.25, 0.3) is 0 Å². The molecule has 1 rings (SSSR count). The van der Waals surface area contributed by atoms with Crippen LogP contribution >= 0.6 is 0 Å². The molecule has 1 aromatic rings. The Morgan fingerprint density at radius 1 is 1.53 bits per heavy atom. The van der Waals surface area contributed by atoms with Crippen molar-refractivity contribution >= 4 is 0 Å². The molecular formula is C11H17FN2O. The molecule has 1 atom stereocenters. The van der Waals surface area contributed by atoms with Crippen LogP contribution in [0.5, 0.6) is 0 Å². The number of nitrogens with zero attached hydrogens (tertiary/aromatic N) is 1. The molecule has 4 heteroatoms. The van der Waals surface area contributed by atoms with E-state index < -0.39 is 11.4 Å². The van der Waals surface area contributed by atoms with Crippen molar-refractivity contribution in [2.45, 2.75) is 32.4 Å². The second kappa shape index (κ2) is 4.68. The summed E-state index contributed by atoms with van der Waals surface area (Å²) in [5, 5.41) is 13.2. The minimum absolute atomic E-state index is 0.276. The summed E-state index contributed by atoms with van der Waals surface area (Å²) in [6, 6.07) is 1.58. The van der Waals surface area contributed by atoms with E-state index in [2.05, 4.69) is 10.3 Å². The number of hydrogen-bond acceptors (Lipinski definition) is 3. The third kappa shape index (κ3) is 3.57. The Hall–Kier alpha value is -1.00. The molecule has 0 bridgehead atoms. The largest absolute Gasteiger partial charge is 0.384 e. The fraction of sp³-hybridized carbons (Fsp3) is 0.545.